The van der Waals surface area contributed by atoms with Gasteiger partial charge in [0.25, 0.3) is 0 Å². The van der Waals surface area contributed by atoms with Gasteiger partial charge in [0.1, 0.15) is 0 Å². The number of halogens is 1. The van der Waals surface area contributed by atoms with Crippen LogP contribution in [-0.4, -0.2) is 16.9 Å². The van der Waals surface area contributed by atoms with Crippen LogP contribution in [0.25, 0.3) is 10.7 Å². The first-order valence-corrected chi connectivity index (χ1v) is 5.03. The van der Waals surface area contributed by atoms with Crippen LogP contribution in [0, 0.1) is 0 Å². The molecule has 1 aromatic rings. The van der Waals surface area contributed by atoms with Crippen LogP contribution >= 0.6 is 11.6 Å². The molecule has 0 amide bonds. The lowest BCUT2D eigenvalue weighted by Crippen LogP contribution is -2.13. The van der Waals surface area contributed by atoms with Gasteiger partial charge < -0.3 is 9.88 Å². The van der Waals surface area contributed by atoms with E-state index in [1.807, 2.05) is 18.1 Å². The fourth-order valence-electron chi connectivity index (χ4n) is 1.61. The Bertz CT molecular complexity index is 415. The van der Waals surface area contributed by atoms with Crippen molar-refractivity contribution in [3.63, 3.8) is 0 Å². The monoisotopic (exact) mass is 208 g/mol. The second kappa shape index (κ2) is 3.21. The van der Waals surface area contributed by atoms with Crippen LogP contribution in [0.4, 0.5) is 0 Å². The third kappa shape index (κ3) is 1.26. The van der Waals surface area contributed by atoms with Gasteiger partial charge in [0.2, 0.25) is 0 Å². The number of aryl methyl sites for hydroxylation is 1. The van der Waals surface area contributed by atoms with E-state index in [-0.39, 0.29) is 0 Å². The number of nitrogens with one attached hydrogen (secondary N) is 1. The third-order valence-corrected chi connectivity index (χ3v) is 2.83. The van der Waals surface area contributed by atoms with E-state index in [1.165, 1.54) is 5.69 Å². The first kappa shape index (κ1) is 9.41. The Hall–Kier alpha value is -1.15. The molecule has 0 atom stereocenters. The van der Waals surface area contributed by atoms with Crippen molar-refractivity contribution in [2.75, 3.05) is 7.05 Å². The molecule has 0 bridgehead atoms. The van der Waals surface area contributed by atoms with E-state index in [1.54, 1.807) is 0 Å². The summed E-state index contributed by atoms with van der Waals surface area (Å²) in [5, 5.41) is 0.769. The summed E-state index contributed by atoms with van der Waals surface area (Å²) in [6.07, 6.45) is 2.87. The molecule has 2 heterocycles. The Morgan fingerprint density at radius 1 is 1.57 bits per heavy atom. The Balaban J connectivity index is 2.57. The molecule has 74 valence electrons. The number of fused-ring (bicyclic) bond motifs is 1. The zero-order valence-corrected chi connectivity index (χ0v) is 9.15. The molecule has 0 fully saturated rings. The zero-order valence-electron chi connectivity index (χ0n) is 8.39. The summed E-state index contributed by atoms with van der Waals surface area (Å²) in [7, 11) is 1.94. The number of H-pyrrole nitrogens is 1. The second-order valence-electron chi connectivity index (χ2n) is 3.47. The van der Waals surface area contributed by atoms with Gasteiger partial charge in [-0.1, -0.05) is 25.1 Å². The van der Waals surface area contributed by atoms with Crippen LogP contribution in [0.15, 0.2) is 18.8 Å². The quantitative estimate of drug-likeness (QED) is 0.752. The van der Waals surface area contributed by atoms with E-state index in [2.05, 4.69) is 24.6 Å². The van der Waals surface area contributed by atoms with E-state index in [0.717, 1.165) is 28.4 Å². The molecule has 2 nitrogen and oxygen atoms in total. The van der Waals surface area contributed by atoms with Gasteiger partial charge in [0.05, 0.1) is 16.4 Å². The fraction of sp³-hybridized carbons (Fsp3) is 0.273. The minimum Gasteiger partial charge on any atom is -0.357 e. The predicted octanol–water partition coefficient (Wildman–Crippen LogP) is 3.03. The number of aromatic amines is 1. The molecule has 1 N–H and O–H groups in total. The molecule has 0 spiro atoms. The zero-order chi connectivity index (χ0) is 10.3. The maximum absolute atomic E-state index is 6.14. The molecule has 0 aliphatic carbocycles. The molecule has 1 aromatic heterocycles. The van der Waals surface area contributed by atoms with Crippen LogP contribution in [0.2, 0.25) is 0 Å². The van der Waals surface area contributed by atoms with E-state index in [4.69, 9.17) is 11.6 Å². The Labute approximate surface area is 88.9 Å². The Morgan fingerprint density at radius 2 is 2.29 bits per heavy atom. The number of hydrogen-bond donors (Lipinski definition) is 1. The van der Waals surface area contributed by atoms with Crippen LogP contribution in [-0.2, 0) is 6.42 Å². The number of hydrogen-bond acceptors (Lipinski definition) is 1. The topological polar surface area (TPSA) is 19.0 Å². The van der Waals surface area contributed by atoms with E-state index in [9.17, 15) is 0 Å². The molecule has 1 aliphatic heterocycles. The molecule has 0 saturated heterocycles. The van der Waals surface area contributed by atoms with E-state index >= 15 is 0 Å². The van der Waals surface area contributed by atoms with Gasteiger partial charge >= 0.3 is 0 Å². The molecule has 0 aromatic carbocycles. The molecule has 1 aliphatic rings. The number of nitrogens with zero attached hydrogens (tertiary/aromatic N) is 1. The van der Waals surface area contributed by atoms with Gasteiger partial charge in [0.15, 0.2) is 0 Å². The highest BCUT2D eigenvalue weighted by Gasteiger charge is 2.19. The second-order valence-corrected chi connectivity index (χ2v) is 3.88. The summed E-state index contributed by atoms with van der Waals surface area (Å²) in [6.45, 7) is 6.12. The highest BCUT2D eigenvalue weighted by Crippen LogP contribution is 2.34. The highest BCUT2D eigenvalue weighted by molar-refractivity contribution is 6.49. The van der Waals surface area contributed by atoms with Crippen molar-refractivity contribution in [1.29, 1.82) is 0 Å². The van der Waals surface area contributed by atoms with Gasteiger partial charge in [0, 0.05) is 24.5 Å². The smallest absolute Gasteiger partial charge is 0.0706 e. The maximum Gasteiger partial charge on any atom is 0.0706 e. The van der Waals surface area contributed by atoms with Crippen molar-refractivity contribution in [3.8, 4) is 0 Å². The lowest BCUT2D eigenvalue weighted by molar-refractivity contribution is 0.651. The molecule has 14 heavy (non-hydrogen) atoms. The SMILES string of the molecule is C=C1c2[nH]c(CC)cc2C(Cl)=CN1C. The minimum atomic E-state index is 0.769. The first-order valence-electron chi connectivity index (χ1n) is 4.65. The summed E-state index contributed by atoms with van der Waals surface area (Å²) >= 11 is 6.14. The summed E-state index contributed by atoms with van der Waals surface area (Å²) < 4.78 is 0. The normalized spacial score (nSPS) is 15.5. The van der Waals surface area contributed by atoms with Crippen LogP contribution < -0.4 is 0 Å². The predicted molar refractivity (Wildman–Crippen MR) is 60.8 cm³/mol. The summed E-state index contributed by atoms with van der Waals surface area (Å²) in [6, 6.07) is 2.09. The molecule has 0 radical (unpaired) electrons. The van der Waals surface area contributed by atoms with E-state index < -0.39 is 0 Å². The largest absolute Gasteiger partial charge is 0.357 e. The maximum atomic E-state index is 6.14. The summed E-state index contributed by atoms with van der Waals surface area (Å²) in [5.41, 5.74) is 4.26. The number of aromatic nitrogens is 1. The average molecular weight is 209 g/mol. The van der Waals surface area contributed by atoms with Crippen molar-refractivity contribution >= 4 is 22.3 Å². The van der Waals surface area contributed by atoms with Crippen molar-refractivity contribution in [3.05, 3.63) is 35.8 Å². The highest BCUT2D eigenvalue weighted by atomic mass is 35.5. The molecular formula is C11H13ClN2. The van der Waals surface area contributed by atoms with E-state index in [0.29, 0.717) is 0 Å². The van der Waals surface area contributed by atoms with Crippen molar-refractivity contribution in [2.24, 2.45) is 0 Å². The third-order valence-electron chi connectivity index (χ3n) is 2.53. The van der Waals surface area contributed by atoms with Crippen molar-refractivity contribution < 1.29 is 0 Å². The standard InChI is InChI=1S/C11H13ClN2/c1-4-8-5-9-10(12)6-14(3)7(2)11(9)13-8/h5-6,13H,2,4H2,1,3H3. The first-order chi connectivity index (χ1) is 6.63. The van der Waals surface area contributed by atoms with Gasteiger partial charge in [-0.15, -0.1) is 0 Å². The van der Waals surface area contributed by atoms with Gasteiger partial charge in [-0.05, 0) is 12.5 Å². The molecular weight excluding hydrogens is 196 g/mol. The summed E-state index contributed by atoms with van der Waals surface area (Å²) in [4.78, 5) is 5.26. The van der Waals surface area contributed by atoms with Crippen molar-refractivity contribution in [2.45, 2.75) is 13.3 Å². The minimum absolute atomic E-state index is 0.769. The van der Waals surface area contributed by atoms with Crippen LogP contribution in [0.5, 0.6) is 0 Å². The molecule has 3 heteroatoms. The van der Waals surface area contributed by atoms with Crippen LogP contribution in [0.3, 0.4) is 0 Å². The lowest BCUT2D eigenvalue weighted by Gasteiger charge is -2.22. The molecule has 0 unspecified atom stereocenters. The molecule has 0 saturated carbocycles. The van der Waals surface area contributed by atoms with Gasteiger partial charge in [-0.25, -0.2) is 0 Å². The fourth-order valence-corrected chi connectivity index (χ4v) is 1.91. The average Bonchev–Trinajstić information content (AvgIpc) is 2.58. The van der Waals surface area contributed by atoms with Crippen LogP contribution in [0.1, 0.15) is 23.9 Å². The number of rotatable bonds is 1. The molecule has 2 rings (SSSR count). The van der Waals surface area contributed by atoms with Gasteiger partial charge in [-0.2, -0.15) is 0 Å². The Kier molecular flexibility index (Phi) is 2.16. The Morgan fingerprint density at radius 3 is 2.93 bits per heavy atom. The summed E-state index contributed by atoms with van der Waals surface area (Å²) in [5.74, 6) is 0. The van der Waals surface area contributed by atoms with Crippen molar-refractivity contribution in [1.82, 2.24) is 9.88 Å². The lowest BCUT2D eigenvalue weighted by atomic mass is 10.1. The van der Waals surface area contributed by atoms with Gasteiger partial charge in [-0.3, -0.25) is 0 Å².